The number of rotatable bonds is 1. The van der Waals surface area contributed by atoms with Crippen LogP contribution >= 0.6 is 0 Å². The summed E-state index contributed by atoms with van der Waals surface area (Å²) < 4.78 is 4.25. The van der Waals surface area contributed by atoms with E-state index in [0.29, 0.717) is 6.61 Å². The van der Waals surface area contributed by atoms with Gasteiger partial charge in [-0.25, -0.2) is 5.92 Å². The summed E-state index contributed by atoms with van der Waals surface area (Å²) in [6, 6.07) is 0. The zero-order chi connectivity index (χ0) is 5.70. The van der Waals surface area contributed by atoms with E-state index >= 15 is 0 Å². The van der Waals surface area contributed by atoms with Gasteiger partial charge in [0.25, 0.3) is 0 Å². The standard InChI is InChI=1S/C5H5O2/c1-3-5(6)7-4-2/h4H2,2H3/q-1. The molecule has 0 atom stereocenters. The molecular formula is C5H5O2-. The highest BCUT2D eigenvalue weighted by Crippen LogP contribution is 1.70. The van der Waals surface area contributed by atoms with Crippen molar-refractivity contribution < 1.29 is 9.53 Å². The minimum atomic E-state index is -0.706. The van der Waals surface area contributed by atoms with Crippen LogP contribution < -0.4 is 0 Å². The molecule has 0 rings (SSSR count). The van der Waals surface area contributed by atoms with E-state index in [2.05, 4.69) is 4.74 Å². The summed E-state index contributed by atoms with van der Waals surface area (Å²) >= 11 is 0. The molecule has 0 N–H and O–H groups in total. The van der Waals surface area contributed by atoms with Crippen molar-refractivity contribution in [2.75, 3.05) is 6.61 Å². The molecule has 0 aromatic carbocycles. The number of hydrogen-bond donors (Lipinski definition) is 0. The van der Waals surface area contributed by atoms with Gasteiger partial charge >= 0.3 is 0 Å². The molecule has 0 bridgehead atoms. The normalized spacial score (nSPS) is 6.86. The summed E-state index contributed by atoms with van der Waals surface area (Å²) in [5, 5.41) is 0. The first kappa shape index (κ1) is 6.03. The highest BCUT2D eigenvalue weighted by atomic mass is 16.5. The van der Waals surface area contributed by atoms with Crippen molar-refractivity contribution in [3.8, 4) is 5.92 Å². The smallest absolute Gasteiger partial charge is 0.217 e. The number of carbonyl (C=O) groups excluding carboxylic acids is 1. The van der Waals surface area contributed by atoms with Gasteiger partial charge in [0.2, 0.25) is 5.97 Å². The maximum atomic E-state index is 9.89. The lowest BCUT2D eigenvalue weighted by atomic mass is 10.7. The van der Waals surface area contributed by atoms with Crippen molar-refractivity contribution in [1.82, 2.24) is 0 Å². The molecule has 0 saturated carbocycles. The Balaban J connectivity index is 3.24. The monoisotopic (exact) mass is 97.0 g/mol. The van der Waals surface area contributed by atoms with E-state index in [1.807, 2.05) is 0 Å². The van der Waals surface area contributed by atoms with Gasteiger partial charge in [-0.1, -0.05) is 0 Å². The van der Waals surface area contributed by atoms with Crippen molar-refractivity contribution in [3.05, 3.63) is 6.42 Å². The predicted molar refractivity (Wildman–Crippen MR) is 23.8 cm³/mol. The molecule has 0 aromatic rings. The van der Waals surface area contributed by atoms with Gasteiger partial charge < -0.3 is 16.0 Å². The lowest BCUT2D eigenvalue weighted by Gasteiger charge is -1.98. The molecule has 0 amide bonds. The lowest BCUT2D eigenvalue weighted by molar-refractivity contribution is -0.136. The van der Waals surface area contributed by atoms with E-state index in [1.54, 1.807) is 12.8 Å². The molecule has 0 aliphatic heterocycles. The Hall–Kier alpha value is -0.970. The van der Waals surface area contributed by atoms with Crippen LogP contribution in [0.2, 0.25) is 0 Å². The lowest BCUT2D eigenvalue weighted by Crippen LogP contribution is -1.98. The Morgan fingerprint density at radius 3 is 2.71 bits per heavy atom. The van der Waals surface area contributed by atoms with E-state index in [9.17, 15) is 4.79 Å². The van der Waals surface area contributed by atoms with Crippen molar-refractivity contribution in [3.63, 3.8) is 0 Å². The number of esters is 1. The highest BCUT2D eigenvalue weighted by Gasteiger charge is 1.74. The molecule has 0 radical (unpaired) electrons. The third-order valence-corrected chi connectivity index (χ3v) is 0.377. The van der Waals surface area contributed by atoms with Gasteiger partial charge in [-0.3, -0.25) is 0 Å². The van der Waals surface area contributed by atoms with Crippen LogP contribution in [0, 0.1) is 12.3 Å². The molecule has 0 aliphatic rings. The quantitative estimate of drug-likeness (QED) is 0.264. The molecule has 0 unspecified atom stereocenters. The first-order chi connectivity index (χ1) is 3.31. The van der Waals surface area contributed by atoms with E-state index in [1.165, 1.54) is 0 Å². The average Bonchev–Trinajstić information content (AvgIpc) is 1.68. The Morgan fingerprint density at radius 1 is 2.00 bits per heavy atom. The fourth-order valence-corrected chi connectivity index (χ4v) is 0.167. The first-order valence-electron chi connectivity index (χ1n) is 1.90. The van der Waals surface area contributed by atoms with Crippen molar-refractivity contribution in [1.29, 1.82) is 0 Å². The van der Waals surface area contributed by atoms with Crippen LogP contribution in [-0.4, -0.2) is 12.6 Å². The first-order valence-corrected chi connectivity index (χ1v) is 1.90. The zero-order valence-electron chi connectivity index (χ0n) is 4.02. The largest absolute Gasteiger partial charge is 0.542 e. The summed E-state index contributed by atoms with van der Waals surface area (Å²) in [6.45, 7) is 1.99. The molecule has 0 spiro atoms. The second kappa shape index (κ2) is 3.23. The van der Waals surface area contributed by atoms with E-state index < -0.39 is 5.97 Å². The average molecular weight is 97.1 g/mol. The second-order valence-corrected chi connectivity index (χ2v) is 0.845. The van der Waals surface area contributed by atoms with Crippen LogP contribution in [0.1, 0.15) is 6.92 Å². The minimum absolute atomic E-state index is 0.310. The minimum Gasteiger partial charge on any atom is -0.542 e. The van der Waals surface area contributed by atoms with Gasteiger partial charge in [0.05, 0.1) is 6.61 Å². The van der Waals surface area contributed by atoms with Crippen molar-refractivity contribution >= 4 is 5.97 Å². The molecule has 0 saturated heterocycles. The fraction of sp³-hybridized carbons (Fsp3) is 0.400. The summed E-state index contributed by atoms with van der Waals surface area (Å²) in [6.07, 6.45) is 6.19. The van der Waals surface area contributed by atoms with E-state index in [0.717, 1.165) is 0 Å². The van der Waals surface area contributed by atoms with E-state index in [-0.39, 0.29) is 0 Å². The van der Waals surface area contributed by atoms with Gasteiger partial charge in [-0.2, -0.15) is 0 Å². The highest BCUT2D eigenvalue weighted by molar-refractivity contribution is 5.86. The molecule has 38 valence electrons. The number of hydrogen-bond acceptors (Lipinski definition) is 2. The van der Waals surface area contributed by atoms with Gasteiger partial charge in [0.15, 0.2) is 0 Å². The third kappa shape index (κ3) is 2.84. The Morgan fingerprint density at radius 2 is 2.57 bits per heavy atom. The van der Waals surface area contributed by atoms with Crippen LogP contribution in [0.3, 0.4) is 0 Å². The number of carbonyl (C=O) groups is 1. The third-order valence-electron chi connectivity index (χ3n) is 0.377. The Labute approximate surface area is 42.5 Å². The summed E-state index contributed by atoms with van der Waals surface area (Å²) in [4.78, 5) is 9.89. The van der Waals surface area contributed by atoms with Gasteiger partial charge in [-0.15, -0.1) is 0 Å². The summed E-state index contributed by atoms with van der Waals surface area (Å²) in [5.41, 5.74) is 0. The van der Waals surface area contributed by atoms with Crippen molar-refractivity contribution in [2.24, 2.45) is 0 Å². The van der Waals surface area contributed by atoms with Crippen molar-refractivity contribution in [2.45, 2.75) is 6.92 Å². The Bertz CT molecular complexity index is 99.1. The molecule has 0 fully saturated rings. The fourth-order valence-electron chi connectivity index (χ4n) is 0.167. The summed E-state index contributed by atoms with van der Waals surface area (Å²) in [7, 11) is 0. The maximum absolute atomic E-state index is 9.89. The molecule has 2 nitrogen and oxygen atoms in total. The Kier molecular flexibility index (Phi) is 2.78. The molecule has 2 heteroatoms. The summed E-state index contributed by atoms with van der Waals surface area (Å²) in [5.74, 6) is 0.849. The molecule has 0 heterocycles. The molecule has 7 heavy (non-hydrogen) atoms. The maximum Gasteiger partial charge on any atom is 0.217 e. The topological polar surface area (TPSA) is 26.3 Å². The predicted octanol–water partition coefficient (Wildman–Crippen LogP) is 0.139. The molecular weight excluding hydrogens is 92.1 g/mol. The molecule has 0 aromatic heterocycles. The molecule has 0 aliphatic carbocycles. The zero-order valence-corrected chi connectivity index (χ0v) is 4.02. The van der Waals surface area contributed by atoms with E-state index in [4.69, 9.17) is 6.42 Å². The number of ether oxygens (including phenoxy) is 1. The van der Waals surface area contributed by atoms with Gasteiger partial charge in [0, 0.05) is 0 Å². The van der Waals surface area contributed by atoms with Crippen LogP contribution in [0.15, 0.2) is 0 Å². The van der Waals surface area contributed by atoms with Gasteiger partial charge in [-0.05, 0) is 6.92 Å². The van der Waals surface area contributed by atoms with Gasteiger partial charge in [0.1, 0.15) is 0 Å². The van der Waals surface area contributed by atoms with Crippen LogP contribution in [0.25, 0.3) is 0 Å². The van der Waals surface area contributed by atoms with Crippen LogP contribution in [0.5, 0.6) is 0 Å². The second-order valence-electron chi connectivity index (χ2n) is 0.845. The van der Waals surface area contributed by atoms with Crippen LogP contribution in [-0.2, 0) is 9.53 Å². The van der Waals surface area contributed by atoms with Crippen LogP contribution in [0.4, 0.5) is 0 Å². The SMILES string of the molecule is [C-]#CC(=O)OCC.